The summed E-state index contributed by atoms with van der Waals surface area (Å²) in [6, 6.07) is 13.9. The molecule has 2 aliphatic rings. The third-order valence-corrected chi connectivity index (χ3v) is 8.05. The minimum Gasteiger partial charge on any atom is -0.379 e. The van der Waals surface area contributed by atoms with E-state index in [0.29, 0.717) is 22.7 Å². The number of para-hydroxylation sites is 1. The van der Waals surface area contributed by atoms with E-state index >= 15 is 0 Å². The van der Waals surface area contributed by atoms with Crippen molar-refractivity contribution in [2.45, 2.75) is 70.0 Å². The van der Waals surface area contributed by atoms with Crippen LogP contribution in [0.3, 0.4) is 0 Å². The van der Waals surface area contributed by atoms with Crippen molar-refractivity contribution in [1.82, 2.24) is 15.5 Å². The maximum atomic E-state index is 14.6. The van der Waals surface area contributed by atoms with E-state index in [1.807, 2.05) is 31.3 Å². The largest absolute Gasteiger partial charge is 0.379 e. The van der Waals surface area contributed by atoms with Gasteiger partial charge in [0, 0.05) is 40.8 Å². The first-order chi connectivity index (χ1) is 17.9. The summed E-state index contributed by atoms with van der Waals surface area (Å²) in [7, 11) is 1.93. The van der Waals surface area contributed by atoms with E-state index < -0.39 is 0 Å². The Kier molecular flexibility index (Phi) is 9.04. The third kappa shape index (κ3) is 6.24. The summed E-state index contributed by atoms with van der Waals surface area (Å²) in [5.74, 6) is 0.0814. The molecule has 0 spiro atoms. The number of hydrogen-bond acceptors (Lipinski definition) is 4. The maximum Gasteiger partial charge on any atom is 0.247 e. The molecule has 6 heteroatoms. The predicted octanol–water partition coefficient (Wildman–Crippen LogP) is 6.07. The quantitative estimate of drug-likeness (QED) is 0.368. The Labute approximate surface area is 221 Å². The van der Waals surface area contributed by atoms with E-state index in [1.165, 1.54) is 25.3 Å². The van der Waals surface area contributed by atoms with Crippen LogP contribution in [0.4, 0.5) is 10.1 Å². The Morgan fingerprint density at radius 2 is 1.65 bits per heavy atom. The lowest BCUT2D eigenvalue weighted by Gasteiger charge is -2.39. The summed E-state index contributed by atoms with van der Waals surface area (Å²) in [6.07, 6.45) is 7.72. The normalized spacial score (nSPS) is 19.8. The van der Waals surface area contributed by atoms with Gasteiger partial charge < -0.3 is 20.9 Å². The lowest BCUT2D eigenvalue weighted by atomic mass is 9.82. The maximum absolute atomic E-state index is 14.6. The van der Waals surface area contributed by atoms with Crippen LogP contribution < -0.4 is 16.0 Å². The first kappa shape index (κ1) is 26.9. The number of amides is 1. The number of nitrogens with zero attached hydrogens (tertiary/aromatic N) is 1. The topological polar surface area (TPSA) is 56.4 Å². The third-order valence-electron chi connectivity index (χ3n) is 8.05. The number of likely N-dealkylation sites (tertiary alicyclic amines) is 1. The Bertz CT molecular complexity index is 1110. The number of halogens is 1. The Morgan fingerprint density at radius 3 is 2.35 bits per heavy atom. The number of likely N-dealkylation sites (N-methyl/N-ethyl adjacent to an activating group) is 1. The molecule has 0 aromatic heterocycles. The van der Waals surface area contributed by atoms with Gasteiger partial charge in [0.05, 0.1) is 6.04 Å². The molecule has 0 radical (unpaired) electrons. The van der Waals surface area contributed by atoms with Crippen LogP contribution in [0.25, 0.3) is 11.1 Å². The van der Waals surface area contributed by atoms with Crippen LogP contribution in [-0.4, -0.2) is 42.5 Å². The summed E-state index contributed by atoms with van der Waals surface area (Å²) in [5, 5.41) is 10.1. The average Bonchev–Trinajstić information content (AvgIpc) is 3.42. The fourth-order valence-corrected chi connectivity index (χ4v) is 5.72. The summed E-state index contributed by atoms with van der Waals surface area (Å²) >= 11 is 0. The Morgan fingerprint density at radius 1 is 0.973 bits per heavy atom. The molecule has 3 atom stereocenters. The highest BCUT2D eigenvalue weighted by Crippen LogP contribution is 2.35. The molecule has 2 fully saturated rings. The van der Waals surface area contributed by atoms with Crippen LogP contribution in [0, 0.1) is 11.7 Å². The highest BCUT2D eigenvalue weighted by Gasteiger charge is 2.37. The summed E-state index contributed by atoms with van der Waals surface area (Å²) in [5.41, 5.74) is 3.68. The van der Waals surface area contributed by atoms with Crippen LogP contribution in [-0.2, 0) is 4.79 Å². The standard InChI is InChI=1S/C31H41FN4O/c1-21(33-4)22(2)34-30(24-13-6-5-7-14-24)23(3)36-20-12-19-29(36)31(37)35-28-18-11-9-16-26(28)25-15-8-10-17-27(25)32/h8-11,15-18,21,24,29-30,33-34H,2-3,5-7,12-14,19-20H2,1,4H3,(H,35,37)/t21-,29-,30+/m0/s1. The molecule has 1 aliphatic heterocycles. The van der Waals surface area contributed by atoms with Gasteiger partial charge in [0.1, 0.15) is 11.9 Å². The van der Waals surface area contributed by atoms with Crippen molar-refractivity contribution >= 4 is 11.6 Å². The SMILES string of the molecule is C=C(N[C@H](C(=C)N1CCC[C@H]1C(=O)Nc1ccccc1-c1ccccc1F)C1CCCCC1)[C@H](C)NC. The number of rotatable bonds is 10. The van der Waals surface area contributed by atoms with Crippen LogP contribution >= 0.6 is 0 Å². The molecule has 1 aliphatic carbocycles. The molecule has 1 heterocycles. The highest BCUT2D eigenvalue weighted by atomic mass is 19.1. The first-order valence-electron chi connectivity index (χ1n) is 13.6. The molecule has 2 aromatic carbocycles. The monoisotopic (exact) mass is 504 g/mol. The molecule has 198 valence electrons. The van der Waals surface area contributed by atoms with Gasteiger partial charge in [-0.2, -0.15) is 0 Å². The minimum absolute atomic E-state index is 0.0442. The van der Waals surface area contributed by atoms with Gasteiger partial charge in [-0.3, -0.25) is 4.79 Å². The van der Waals surface area contributed by atoms with Crippen LogP contribution in [0.5, 0.6) is 0 Å². The zero-order valence-corrected chi connectivity index (χ0v) is 22.2. The van der Waals surface area contributed by atoms with E-state index in [4.69, 9.17) is 0 Å². The molecule has 4 rings (SSSR count). The molecule has 2 aromatic rings. The predicted molar refractivity (Wildman–Crippen MR) is 150 cm³/mol. The number of anilines is 1. The van der Waals surface area contributed by atoms with Crippen molar-refractivity contribution in [1.29, 1.82) is 0 Å². The van der Waals surface area contributed by atoms with Crippen molar-refractivity contribution in [3.63, 3.8) is 0 Å². The fraction of sp³-hybridized carbons (Fsp3) is 0.452. The van der Waals surface area contributed by atoms with Crippen LogP contribution in [0.2, 0.25) is 0 Å². The molecule has 5 nitrogen and oxygen atoms in total. The van der Waals surface area contributed by atoms with Crippen molar-refractivity contribution < 1.29 is 9.18 Å². The van der Waals surface area contributed by atoms with Gasteiger partial charge in [-0.15, -0.1) is 0 Å². The van der Waals surface area contributed by atoms with Crippen LogP contribution in [0.15, 0.2) is 73.1 Å². The molecule has 0 bridgehead atoms. The van der Waals surface area contributed by atoms with Gasteiger partial charge in [0.2, 0.25) is 5.91 Å². The van der Waals surface area contributed by atoms with Gasteiger partial charge in [-0.25, -0.2) is 4.39 Å². The number of benzene rings is 2. The summed E-state index contributed by atoms with van der Waals surface area (Å²) < 4.78 is 14.6. The van der Waals surface area contributed by atoms with Crippen molar-refractivity contribution in [2.75, 3.05) is 18.9 Å². The van der Waals surface area contributed by atoms with E-state index in [0.717, 1.165) is 43.6 Å². The lowest BCUT2D eigenvalue weighted by Crippen LogP contribution is -2.49. The average molecular weight is 505 g/mol. The van der Waals surface area contributed by atoms with Gasteiger partial charge in [-0.05, 0) is 57.7 Å². The second-order valence-corrected chi connectivity index (χ2v) is 10.4. The van der Waals surface area contributed by atoms with Crippen molar-refractivity contribution in [2.24, 2.45) is 5.92 Å². The minimum atomic E-state index is -0.316. The number of carbonyl (C=O) groups excluding carboxylic acids is 1. The van der Waals surface area contributed by atoms with Crippen molar-refractivity contribution in [3.8, 4) is 11.1 Å². The number of nitrogens with one attached hydrogen (secondary N) is 3. The van der Waals surface area contributed by atoms with Gasteiger partial charge in [-0.1, -0.05) is 68.8 Å². The molecule has 1 amide bonds. The zero-order chi connectivity index (χ0) is 26.4. The van der Waals surface area contributed by atoms with E-state index in [-0.39, 0.29) is 29.8 Å². The van der Waals surface area contributed by atoms with Crippen LogP contribution in [0.1, 0.15) is 51.9 Å². The summed E-state index contributed by atoms with van der Waals surface area (Å²) in [4.78, 5) is 15.8. The second kappa shape index (κ2) is 12.4. The number of carbonyl (C=O) groups is 1. The second-order valence-electron chi connectivity index (χ2n) is 10.4. The van der Waals surface area contributed by atoms with Gasteiger partial charge >= 0.3 is 0 Å². The molecule has 37 heavy (non-hydrogen) atoms. The highest BCUT2D eigenvalue weighted by molar-refractivity contribution is 5.98. The molecular formula is C31H41FN4O. The number of hydrogen-bond donors (Lipinski definition) is 3. The smallest absolute Gasteiger partial charge is 0.247 e. The molecular weight excluding hydrogens is 463 g/mol. The van der Waals surface area contributed by atoms with Gasteiger partial charge in [0.15, 0.2) is 0 Å². The molecule has 1 saturated carbocycles. The van der Waals surface area contributed by atoms with E-state index in [2.05, 4.69) is 40.9 Å². The zero-order valence-electron chi connectivity index (χ0n) is 22.2. The fourth-order valence-electron chi connectivity index (χ4n) is 5.72. The van der Waals surface area contributed by atoms with E-state index in [9.17, 15) is 9.18 Å². The lowest BCUT2D eigenvalue weighted by molar-refractivity contribution is -0.119. The first-order valence-corrected chi connectivity index (χ1v) is 13.6. The van der Waals surface area contributed by atoms with E-state index in [1.54, 1.807) is 18.2 Å². The van der Waals surface area contributed by atoms with Crippen molar-refractivity contribution in [3.05, 3.63) is 78.9 Å². The Balaban J connectivity index is 1.54. The molecule has 3 N–H and O–H groups in total. The van der Waals surface area contributed by atoms with Gasteiger partial charge in [0.25, 0.3) is 0 Å². The molecule has 1 saturated heterocycles. The molecule has 0 unspecified atom stereocenters. The summed E-state index contributed by atoms with van der Waals surface area (Å²) in [6.45, 7) is 11.7. The Hall–Kier alpha value is -3.12.